The first kappa shape index (κ1) is 15.6. The zero-order valence-corrected chi connectivity index (χ0v) is 13.2. The van der Waals surface area contributed by atoms with Crippen molar-refractivity contribution in [3.8, 4) is 0 Å². The third-order valence-electron chi connectivity index (χ3n) is 4.81. The van der Waals surface area contributed by atoms with Gasteiger partial charge in [0.25, 0.3) is 0 Å². The molecule has 2 amide bonds. The summed E-state index contributed by atoms with van der Waals surface area (Å²) in [6, 6.07) is 0.558. The summed E-state index contributed by atoms with van der Waals surface area (Å²) < 4.78 is 0. The van der Waals surface area contributed by atoms with E-state index in [0.29, 0.717) is 6.04 Å². The van der Waals surface area contributed by atoms with Crippen molar-refractivity contribution in [1.82, 2.24) is 15.1 Å². The molecule has 0 radical (unpaired) electrons. The van der Waals surface area contributed by atoms with E-state index >= 15 is 0 Å². The van der Waals surface area contributed by atoms with Gasteiger partial charge in [0, 0.05) is 25.7 Å². The van der Waals surface area contributed by atoms with E-state index < -0.39 is 0 Å². The van der Waals surface area contributed by atoms with E-state index in [-0.39, 0.29) is 6.03 Å². The molecule has 0 saturated carbocycles. The van der Waals surface area contributed by atoms with Crippen LogP contribution in [0.15, 0.2) is 0 Å². The second-order valence-corrected chi connectivity index (χ2v) is 6.52. The zero-order chi connectivity index (χ0) is 14.4. The fraction of sp³-hybridized carbons (Fsp3) is 0.938. The monoisotopic (exact) mass is 281 g/mol. The van der Waals surface area contributed by atoms with Crippen LogP contribution in [-0.2, 0) is 0 Å². The van der Waals surface area contributed by atoms with Crippen molar-refractivity contribution in [2.75, 3.05) is 32.7 Å². The summed E-state index contributed by atoms with van der Waals surface area (Å²) in [4.78, 5) is 16.9. The van der Waals surface area contributed by atoms with Crippen molar-refractivity contribution in [2.24, 2.45) is 5.92 Å². The second-order valence-electron chi connectivity index (χ2n) is 6.52. The molecule has 0 aromatic heterocycles. The van der Waals surface area contributed by atoms with Crippen molar-refractivity contribution in [3.05, 3.63) is 0 Å². The maximum Gasteiger partial charge on any atom is 0.317 e. The number of urea groups is 1. The molecule has 1 N–H and O–H groups in total. The summed E-state index contributed by atoms with van der Waals surface area (Å²) in [6.45, 7) is 9.50. The summed E-state index contributed by atoms with van der Waals surface area (Å²) in [6.07, 6.45) is 7.49. The minimum Gasteiger partial charge on any atom is -0.338 e. The molecule has 0 spiro atoms. The van der Waals surface area contributed by atoms with Gasteiger partial charge in [0.05, 0.1) is 0 Å². The minimum absolute atomic E-state index is 0.143. The van der Waals surface area contributed by atoms with Crippen LogP contribution in [0.1, 0.15) is 52.4 Å². The van der Waals surface area contributed by atoms with E-state index in [1.807, 2.05) is 6.92 Å². The van der Waals surface area contributed by atoms with E-state index in [1.165, 1.54) is 45.2 Å². The molecule has 2 rings (SSSR count). The Balaban J connectivity index is 1.92. The molecule has 2 fully saturated rings. The highest BCUT2D eigenvalue weighted by Crippen LogP contribution is 2.21. The Bertz CT molecular complexity index is 300. The molecular weight excluding hydrogens is 250 g/mol. The van der Waals surface area contributed by atoms with Crippen molar-refractivity contribution in [1.29, 1.82) is 0 Å². The average molecular weight is 281 g/mol. The molecule has 0 aromatic rings. The molecule has 1 unspecified atom stereocenters. The van der Waals surface area contributed by atoms with Crippen molar-refractivity contribution in [2.45, 2.75) is 58.4 Å². The van der Waals surface area contributed by atoms with E-state index in [2.05, 4.69) is 22.0 Å². The molecule has 2 aliphatic heterocycles. The smallest absolute Gasteiger partial charge is 0.317 e. The van der Waals surface area contributed by atoms with Gasteiger partial charge in [-0.2, -0.15) is 0 Å². The number of rotatable bonds is 3. The lowest BCUT2D eigenvalue weighted by Gasteiger charge is -2.37. The molecule has 0 bridgehead atoms. The van der Waals surface area contributed by atoms with Gasteiger partial charge in [-0.3, -0.25) is 0 Å². The van der Waals surface area contributed by atoms with Gasteiger partial charge in [0.2, 0.25) is 0 Å². The van der Waals surface area contributed by atoms with Crippen LogP contribution < -0.4 is 5.32 Å². The van der Waals surface area contributed by atoms with Crippen LogP contribution in [-0.4, -0.2) is 54.6 Å². The SMILES string of the molecule is CCNC(=O)N1CCCCCC1CN1CCC(C)CC1. The van der Waals surface area contributed by atoms with Gasteiger partial charge >= 0.3 is 6.03 Å². The Labute approximate surface area is 123 Å². The fourth-order valence-electron chi connectivity index (χ4n) is 3.43. The summed E-state index contributed by atoms with van der Waals surface area (Å²) in [7, 11) is 0. The summed E-state index contributed by atoms with van der Waals surface area (Å²) in [5.41, 5.74) is 0. The predicted octanol–water partition coefficient (Wildman–Crippen LogP) is 2.69. The van der Waals surface area contributed by atoms with Gasteiger partial charge in [0.1, 0.15) is 0 Å². The van der Waals surface area contributed by atoms with E-state index in [1.54, 1.807) is 0 Å². The normalized spacial score (nSPS) is 26.3. The third kappa shape index (κ3) is 4.37. The van der Waals surface area contributed by atoms with Crippen LogP contribution in [0, 0.1) is 5.92 Å². The van der Waals surface area contributed by atoms with Gasteiger partial charge in [-0.15, -0.1) is 0 Å². The van der Waals surface area contributed by atoms with Crippen LogP contribution >= 0.6 is 0 Å². The van der Waals surface area contributed by atoms with E-state index in [9.17, 15) is 4.79 Å². The van der Waals surface area contributed by atoms with Crippen molar-refractivity contribution >= 4 is 6.03 Å². The average Bonchev–Trinajstić information content (AvgIpc) is 2.67. The molecule has 0 aliphatic carbocycles. The lowest BCUT2D eigenvalue weighted by atomic mass is 9.98. The van der Waals surface area contributed by atoms with Crippen LogP contribution in [0.2, 0.25) is 0 Å². The Hall–Kier alpha value is -0.770. The first-order chi connectivity index (χ1) is 9.70. The quantitative estimate of drug-likeness (QED) is 0.863. The minimum atomic E-state index is 0.143. The number of carbonyl (C=O) groups excluding carboxylic acids is 1. The number of hydrogen-bond donors (Lipinski definition) is 1. The number of amides is 2. The predicted molar refractivity (Wildman–Crippen MR) is 82.9 cm³/mol. The number of piperidine rings is 1. The molecule has 116 valence electrons. The van der Waals surface area contributed by atoms with Gasteiger partial charge < -0.3 is 15.1 Å². The number of likely N-dealkylation sites (tertiary alicyclic amines) is 2. The second kappa shape index (κ2) is 7.87. The van der Waals surface area contributed by atoms with Gasteiger partial charge in [-0.05, 0) is 51.6 Å². The standard InChI is InChI=1S/C16H31N3O/c1-3-17-16(20)19-10-6-4-5-7-15(19)13-18-11-8-14(2)9-12-18/h14-15H,3-13H2,1-2H3,(H,17,20). The number of nitrogens with zero attached hydrogens (tertiary/aromatic N) is 2. The summed E-state index contributed by atoms with van der Waals surface area (Å²) >= 11 is 0. The highest BCUT2D eigenvalue weighted by atomic mass is 16.2. The Morgan fingerprint density at radius 2 is 1.85 bits per heavy atom. The van der Waals surface area contributed by atoms with Crippen molar-refractivity contribution in [3.63, 3.8) is 0 Å². The van der Waals surface area contributed by atoms with Gasteiger partial charge in [0.15, 0.2) is 0 Å². The van der Waals surface area contributed by atoms with Crippen LogP contribution in [0.4, 0.5) is 4.79 Å². The zero-order valence-electron chi connectivity index (χ0n) is 13.2. The fourth-order valence-corrected chi connectivity index (χ4v) is 3.43. The molecule has 0 aromatic carbocycles. The lowest BCUT2D eigenvalue weighted by Crippen LogP contribution is -2.51. The Kier molecular flexibility index (Phi) is 6.14. The Morgan fingerprint density at radius 1 is 1.10 bits per heavy atom. The first-order valence-corrected chi connectivity index (χ1v) is 8.47. The number of hydrogen-bond acceptors (Lipinski definition) is 2. The van der Waals surface area contributed by atoms with Gasteiger partial charge in [-0.25, -0.2) is 4.79 Å². The Morgan fingerprint density at radius 3 is 2.55 bits per heavy atom. The molecule has 20 heavy (non-hydrogen) atoms. The highest BCUT2D eigenvalue weighted by Gasteiger charge is 2.27. The summed E-state index contributed by atoms with van der Waals surface area (Å²) in [5, 5.41) is 2.99. The summed E-state index contributed by atoms with van der Waals surface area (Å²) in [5.74, 6) is 0.875. The van der Waals surface area contributed by atoms with E-state index in [4.69, 9.17) is 0 Å². The van der Waals surface area contributed by atoms with Crippen LogP contribution in [0.3, 0.4) is 0 Å². The van der Waals surface area contributed by atoms with Crippen LogP contribution in [0.25, 0.3) is 0 Å². The topological polar surface area (TPSA) is 35.6 Å². The molecule has 2 saturated heterocycles. The number of nitrogens with one attached hydrogen (secondary N) is 1. The molecule has 4 nitrogen and oxygen atoms in total. The third-order valence-corrected chi connectivity index (χ3v) is 4.81. The first-order valence-electron chi connectivity index (χ1n) is 8.47. The highest BCUT2D eigenvalue weighted by molar-refractivity contribution is 5.74. The van der Waals surface area contributed by atoms with Gasteiger partial charge in [-0.1, -0.05) is 19.8 Å². The number of carbonyl (C=O) groups is 1. The van der Waals surface area contributed by atoms with E-state index in [0.717, 1.165) is 32.0 Å². The molecule has 2 heterocycles. The molecular formula is C16H31N3O. The maximum atomic E-state index is 12.3. The lowest BCUT2D eigenvalue weighted by molar-refractivity contribution is 0.123. The molecule has 2 aliphatic rings. The molecule has 1 atom stereocenters. The van der Waals surface area contributed by atoms with Crippen LogP contribution in [0.5, 0.6) is 0 Å². The maximum absolute atomic E-state index is 12.3. The van der Waals surface area contributed by atoms with Crippen molar-refractivity contribution < 1.29 is 4.79 Å². The largest absolute Gasteiger partial charge is 0.338 e. The molecule has 4 heteroatoms.